The summed E-state index contributed by atoms with van der Waals surface area (Å²) in [5.41, 5.74) is 1.11. The highest BCUT2D eigenvalue weighted by Gasteiger charge is 2.12. The van der Waals surface area contributed by atoms with Gasteiger partial charge in [0.1, 0.15) is 18.2 Å². The van der Waals surface area contributed by atoms with Gasteiger partial charge in [-0.15, -0.1) is 0 Å². The van der Waals surface area contributed by atoms with Gasteiger partial charge in [0.25, 0.3) is 0 Å². The minimum atomic E-state index is -0.428. The van der Waals surface area contributed by atoms with E-state index < -0.39 is 5.97 Å². The van der Waals surface area contributed by atoms with E-state index in [9.17, 15) is 9.18 Å². The zero-order valence-corrected chi connectivity index (χ0v) is 12.3. The zero-order chi connectivity index (χ0) is 14.5. The maximum absolute atomic E-state index is 13.2. The molecular formula is C15H12BrFO3. The Labute approximate surface area is 124 Å². The van der Waals surface area contributed by atoms with Gasteiger partial charge >= 0.3 is 5.97 Å². The molecule has 2 aromatic carbocycles. The molecule has 0 heterocycles. The standard InChI is InChI=1S/C15H12BrFO3/c1-19-15(18)12-5-3-2-4-10(12)9-20-14-8-11(17)6-7-13(14)16/h2-8H,9H2,1H3. The molecule has 0 aliphatic rings. The number of methoxy groups -OCH3 is 1. The lowest BCUT2D eigenvalue weighted by Crippen LogP contribution is -2.08. The molecule has 5 heteroatoms. The molecule has 0 saturated carbocycles. The number of carbonyl (C=O) groups is 1. The minimum absolute atomic E-state index is 0.146. The van der Waals surface area contributed by atoms with E-state index in [1.165, 1.54) is 19.2 Å². The van der Waals surface area contributed by atoms with Gasteiger partial charge in [-0.05, 0) is 34.1 Å². The number of carbonyl (C=O) groups excluding carboxylic acids is 1. The van der Waals surface area contributed by atoms with E-state index in [4.69, 9.17) is 9.47 Å². The van der Waals surface area contributed by atoms with Gasteiger partial charge in [0.2, 0.25) is 0 Å². The van der Waals surface area contributed by atoms with Crippen LogP contribution in [-0.4, -0.2) is 13.1 Å². The van der Waals surface area contributed by atoms with Crippen molar-refractivity contribution in [1.29, 1.82) is 0 Å². The van der Waals surface area contributed by atoms with Gasteiger partial charge in [-0.25, -0.2) is 9.18 Å². The summed E-state index contributed by atoms with van der Waals surface area (Å²) in [6.45, 7) is 0.146. The Balaban J connectivity index is 2.19. The molecule has 0 bridgehead atoms. The van der Waals surface area contributed by atoms with E-state index >= 15 is 0 Å². The SMILES string of the molecule is COC(=O)c1ccccc1COc1cc(F)ccc1Br. The maximum Gasteiger partial charge on any atom is 0.338 e. The largest absolute Gasteiger partial charge is 0.488 e. The Morgan fingerprint density at radius 3 is 2.75 bits per heavy atom. The van der Waals surface area contributed by atoms with Crippen molar-refractivity contribution >= 4 is 21.9 Å². The van der Waals surface area contributed by atoms with E-state index in [-0.39, 0.29) is 12.4 Å². The number of esters is 1. The molecule has 2 aromatic rings. The van der Waals surface area contributed by atoms with Crippen LogP contribution < -0.4 is 4.74 Å². The van der Waals surface area contributed by atoms with Crippen molar-refractivity contribution in [3.8, 4) is 5.75 Å². The van der Waals surface area contributed by atoms with Gasteiger partial charge in [0.05, 0.1) is 17.1 Å². The molecular weight excluding hydrogens is 327 g/mol. The predicted octanol–water partition coefficient (Wildman–Crippen LogP) is 3.95. The van der Waals surface area contributed by atoms with Crippen LogP contribution in [0.4, 0.5) is 4.39 Å². The van der Waals surface area contributed by atoms with E-state index in [0.29, 0.717) is 21.3 Å². The zero-order valence-electron chi connectivity index (χ0n) is 10.7. The molecule has 0 amide bonds. The van der Waals surface area contributed by atoms with E-state index in [2.05, 4.69) is 15.9 Å². The fourth-order valence-electron chi connectivity index (χ4n) is 1.70. The van der Waals surface area contributed by atoms with Crippen molar-refractivity contribution in [3.63, 3.8) is 0 Å². The second kappa shape index (κ2) is 6.52. The molecule has 3 nitrogen and oxygen atoms in total. The normalized spacial score (nSPS) is 10.2. The van der Waals surface area contributed by atoms with Crippen molar-refractivity contribution in [1.82, 2.24) is 0 Å². The second-order valence-electron chi connectivity index (χ2n) is 4.01. The van der Waals surface area contributed by atoms with Crippen LogP contribution in [0.15, 0.2) is 46.9 Å². The number of rotatable bonds is 4. The second-order valence-corrected chi connectivity index (χ2v) is 4.87. The van der Waals surface area contributed by atoms with Gasteiger partial charge in [0.15, 0.2) is 0 Å². The Morgan fingerprint density at radius 1 is 1.25 bits per heavy atom. The third-order valence-electron chi connectivity index (χ3n) is 2.70. The molecule has 2 rings (SSSR count). The topological polar surface area (TPSA) is 35.5 Å². The van der Waals surface area contributed by atoms with Crippen molar-refractivity contribution in [3.05, 3.63) is 63.9 Å². The molecule has 104 valence electrons. The first-order chi connectivity index (χ1) is 9.61. The maximum atomic E-state index is 13.2. The summed E-state index contributed by atoms with van der Waals surface area (Å²) >= 11 is 3.28. The van der Waals surface area contributed by atoms with Crippen LogP contribution in [0.2, 0.25) is 0 Å². The van der Waals surface area contributed by atoms with Gasteiger partial charge in [-0.2, -0.15) is 0 Å². The first-order valence-electron chi connectivity index (χ1n) is 5.86. The molecule has 0 unspecified atom stereocenters. The molecule has 0 spiro atoms. The van der Waals surface area contributed by atoms with E-state index in [1.807, 2.05) is 0 Å². The van der Waals surface area contributed by atoms with Crippen molar-refractivity contribution in [2.24, 2.45) is 0 Å². The molecule has 0 saturated heterocycles. The highest BCUT2D eigenvalue weighted by molar-refractivity contribution is 9.10. The predicted molar refractivity (Wildman–Crippen MR) is 76.2 cm³/mol. The number of hydrogen-bond donors (Lipinski definition) is 0. The number of benzene rings is 2. The van der Waals surface area contributed by atoms with Crippen LogP contribution in [0, 0.1) is 5.82 Å². The summed E-state index contributed by atoms with van der Waals surface area (Å²) in [7, 11) is 1.32. The fraction of sp³-hybridized carbons (Fsp3) is 0.133. The summed E-state index contributed by atoms with van der Waals surface area (Å²) in [6.07, 6.45) is 0. The van der Waals surface area contributed by atoms with Crippen molar-refractivity contribution in [2.75, 3.05) is 7.11 Å². The highest BCUT2D eigenvalue weighted by atomic mass is 79.9. The Bertz CT molecular complexity index is 628. The average Bonchev–Trinajstić information content (AvgIpc) is 2.47. The number of ether oxygens (including phenoxy) is 2. The van der Waals surface area contributed by atoms with Gasteiger partial charge in [0, 0.05) is 11.6 Å². The molecule has 0 N–H and O–H groups in total. The minimum Gasteiger partial charge on any atom is -0.488 e. The Hall–Kier alpha value is -1.88. The van der Waals surface area contributed by atoms with E-state index in [0.717, 1.165) is 0 Å². The lowest BCUT2D eigenvalue weighted by Gasteiger charge is -2.11. The molecule has 20 heavy (non-hydrogen) atoms. The third-order valence-corrected chi connectivity index (χ3v) is 3.35. The smallest absolute Gasteiger partial charge is 0.338 e. The van der Waals surface area contributed by atoms with Crippen LogP contribution in [0.3, 0.4) is 0 Å². The lowest BCUT2D eigenvalue weighted by atomic mass is 10.1. The van der Waals surface area contributed by atoms with Gasteiger partial charge in [-0.1, -0.05) is 18.2 Å². The average molecular weight is 339 g/mol. The number of hydrogen-bond acceptors (Lipinski definition) is 3. The van der Waals surface area contributed by atoms with Gasteiger partial charge < -0.3 is 9.47 Å². The molecule has 0 fully saturated rings. The fourth-order valence-corrected chi connectivity index (χ4v) is 2.06. The molecule has 0 atom stereocenters. The Kier molecular flexibility index (Phi) is 4.74. The van der Waals surface area contributed by atoms with E-state index in [1.54, 1.807) is 30.3 Å². The summed E-state index contributed by atoms with van der Waals surface area (Å²) in [4.78, 5) is 11.6. The summed E-state index contributed by atoms with van der Waals surface area (Å²) in [5, 5.41) is 0. The first kappa shape index (κ1) is 14.5. The highest BCUT2D eigenvalue weighted by Crippen LogP contribution is 2.26. The van der Waals surface area contributed by atoms with Crippen LogP contribution in [0.25, 0.3) is 0 Å². The molecule has 0 radical (unpaired) electrons. The third kappa shape index (κ3) is 3.36. The van der Waals surface area contributed by atoms with Crippen LogP contribution in [0.5, 0.6) is 5.75 Å². The van der Waals surface area contributed by atoms with Crippen LogP contribution in [0.1, 0.15) is 15.9 Å². The first-order valence-corrected chi connectivity index (χ1v) is 6.65. The van der Waals surface area contributed by atoms with Crippen molar-refractivity contribution in [2.45, 2.75) is 6.61 Å². The summed E-state index contributed by atoms with van der Waals surface area (Å²) in [5.74, 6) is -0.434. The lowest BCUT2D eigenvalue weighted by molar-refractivity contribution is 0.0597. The molecule has 0 aliphatic carbocycles. The van der Waals surface area contributed by atoms with Gasteiger partial charge in [-0.3, -0.25) is 0 Å². The Morgan fingerprint density at radius 2 is 2.00 bits per heavy atom. The monoisotopic (exact) mass is 338 g/mol. The quantitative estimate of drug-likeness (QED) is 0.791. The summed E-state index contributed by atoms with van der Waals surface area (Å²) in [6, 6.07) is 11.1. The van der Waals surface area contributed by atoms with Crippen molar-refractivity contribution < 1.29 is 18.7 Å². The summed E-state index contributed by atoms with van der Waals surface area (Å²) < 4.78 is 24.1. The molecule has 0 aliphatic heterocycles. The number of halogens is 2. The molecule has 0 aromatic heterocycles. The van der Waals surface area contributed by atoms with Crippen LogP contribution >= 0.6 is 15.9 Å². The van der Waals surface area contributed by atoms with Crippen LogP contribution in [-0.2, 0) is 11.3 Å².